The second-order valence-electron chi connectivity index (χ2n) is 3.49. The minimum absolute atomic E-state index is 0.00390. The van der Waals surface area contributed by atoms with Gasteiger partial charge in [-0.25, -0.2) is 0 Å². The van der Waals surface area contributed by atoms with Crippen LogP contribution in [0.5, 0.6) is 0 Å². The smallest absolute Gasteiger partial charge is 0.216 e. The molecule has 2 N–H and O–H groups in total. The highest BCUT2D eigenvalue weighted by Gasteiger charge is 2.13. The van der Waals surface area contributed by atoms with Crippen LogP contribution in [0.25, 0.3) is 0 Å². The summed E-state index contributed by atoms with van der Waals surface area (Å²) in [6.07, 6.45) is 4.87. The molecule has 0 aliphatic heterocycles. The molecule has 3 nitrogen and oxygen atoms in total. The molecule has 0 saturated heterocycles. The van der Waals surface area contributed by atoms with Crippen LogP contribution in [0.2, 0.25) is 0 Å². The Morgan fingerprint density at radius 3 is 2.69 bits per heavy atom. The predicted octanol–water partition coefficient (Wildman–Crippen LogP) is 1.90. The van der Waals surface area contributed by atoms with Crippen molar-refractivity contribution in [2.45, 2.75) is 39.0 Å². The number of aliphatic hydroxyl groups excluding tert-OH is 1. The molecule has 0 atom stereocenters. The van der Waals surface area contributed by atoms with Gasteiger partial charge in [0, 0.05) is 19.9 Å². The molecule has 74 valence electrons. The van der Waals surface area contributed by atoms with Crippen molar-refractivity contribution in [3.05, 3.63) is 11.3 Å². The average Bonchev–Trinajstić information content (AvgIpc) is 1.94. The summed E-state index contributed by atoms with van der Waals surface area (Å²) < 4.78 is 0. The standard InChI is InChI=1S/C10H17NO2/c1-8(12)11-7-3-6-10(13)9-4-2-5-9/h13H,2-7H2,1H3,(H,11,12). The normalized spacial score (nSPS) is 15.0. The lowest BCUT2D eigenvalue weighted by molar-refractivity contribution is -0.118. The van der Waals surface area contributed by atoms with Crippen molar-refractivity contribution >= 4 is 5.91 Å². The van der Waals surface area contributed by atoms with Crippen molar-refractivity contribution < 1.29 is 9.90 Å². The van der Waals surface area contributed by atoms with E-state index in [0.29, 0.717) is 18.7 Å². The van der Waals surface area contributed by atoms with E-state index >= 15 is 0 Å². The topological polar surface area (TPSA) is 49.3 Å². The molecule has 0 radical (unpaired) electrons. The fraction of sp³-hybridized carbons (Fsp3) is 0.700. The quantitative estimate of drug-likeness (QED) is 0.516. The van der Waals surface area contributed by atoms with Crippen LogP contribution in [0.4, 0.5) is 0 Å². The third-order valence-electron chi connectivity index (χ3n) is 2.33. The average molecular weight is 183 g/mol. The van der Waals surface area contributed by atoms with Gasteiger partial charge >= 0.3 is 0 Å². The minimum atomic E-state index is -0.00390. The van der Waals surface area contributed by atoms with Gasteiger partial charge in [0.1, 0.15) is 0 Å². The molecular weight excluding hydrogens is 166 g/mol. The van der Waals surface area contributed by atoms with E-state index in [1.165, 1.54) is 18.9 Å². The van der Waals surface area contributed by atoms with Crippen molar-refractivity contribution in [1.82, 2.24) is 5.32 Å². The summed E-state index contributed by atoms with van der Waals surface area (Å²) in [6, 6.07) is 0. The predicted molar refractivity (Wildman–Crippen MR) is 51.4 cm³/mol. The number of allylic oxidation sites excluding steroid dienone is 2. The molecule has 1 amide bonds. The van der Waals surface area contributed by atoms with E-state index < -0.39 is 0 Å². The van der Waals surface area contributed by atoms with Gasteiger partial charge in [0.15, 0.2) is 0 Å². The van der Waals surface area contributed by atoms with Crippen molar-refractivity contribution in [1.29, 1.82) is 0 Å². The monoisotopic (exact) mass is 183 g/mol. The second-order valence-corrected chi connectivity index (χ2v) is 3.49. The lowest BCUT2D eigenvalue weighted by Crippen LogP contribution is -2.21. The summed E-state index contributed by atoms with van der Waals surface area (Å²) in [5.74, 6) is 0.549. The molecule has 0 aromatic carbocycles. The molecule has 1 saturated carbocycles. The van der Waals surface area contributed by atoms with E-state index in [4.69, 9.17) is 0 Å². The van der Waals surface area contributed by atoms with E-state index in [1.54, 1.807) is 0 Å². The molecular formula is C10H17NO2. The second kappa shape index (κ2) is 4.90. The van der Waals surface area contributed by atoms with E-state index in [-0.39, 0.29) is 5.91 Å². The van der Waals surface area contributed by atoms with Gasteiger partial charge in [-0.05, 0) is 31.3 Å². The summed E-state index contributed by atoms with van der Waals surface area (Å²) in [6.45, 7) is 2.16. The van der Waals surface area contributed by atoms with Crippen molar-refractivity contribution in [3.63, 3.8) is 0 Å². The number of hydrogen-bond donors (Lipinski definition) is 2. The number of amides is 1. The number of nitrogens with one attached hydrogen (secondary N) is 1. The molecule has 1 aliphatic carbocycles. The molecule has 0 bridgehead atoms. The van der Waals surface area contributed by atoms with Gasteiger partial charge in [0.2, 0.25) is 5.91 Å². The van der Waals surface area contributed by atoms with Gasteiger partial charge in [-0.2, -0.15) is 0 Å². The van der Waals surface area contributed by atoms with Gasteiger partial charge in [0.25, 0.3) is 0 Å². The Labute approximate surface area is 78.8 Å². The zero-order valence-corrected chi connectivity index (χ0v) is 8.10. The lowest BCUT2D eigenvalue weighted by atomic mass is 9.90. The largest absolute Gasteiger partial charge is 0.512 e. The summed E-state index contributed by atoms with van der Waals surface area (Å²) in [5.41, 5.74) is 1.21. The molecule has 0 unspecified atom stereocenters. The fourth-order valence-electron chi connectivity index (χ4n) is 1.34. The van der Waals surface area contributed by atoms with Crippen LogP contribution in [-0.2, 0) is 4.79 Å². The first-order chi connectivity index (χ1) is 6.20. The van der Waals surface area contributed by atoms with Crippen molar-refractivity contribution in [2.24, 2.45) is 0 Å². The van der Waals surface area contributed by atoms with Crippen molar-refractivity contribution in [2.75, 3.05) is 6.54 Å². The zero-order valence-electron chi connectivity index (χ0n) is 8.10. The first-order valence-corrected chi connectivity index (χ1v) is 4.84. The van der Waals surface area contributed by atoms with Gasteiger partial charge in [-0.1, -0.05) is 0 Å². The molecule has 1 rings (SSSR count). The molecule has 0 heterocycles. The number of aliphatic hydroxyl groups is 1. The Morgan fingerprint density at radius 2 is 2.23 bits per heavy atom. The highest BCUT2D eigenvalue weighted by atomic mass is 16.3. The van der Waals surface area contributed by atoms with Crippen LogP contribution in [-0.4, -0.2) is 17.6 Å². The van der Waals surface area contributed by atoms with Crippen LogP contribution in [0.15, 0.2) is 11.3 Å². The summed E-state index contributed by atoms with van der Waals surface area (Å²) in [7, 11) is 0. The first-order valence-electron chi connectivity index (χ1n) is 4.84. The molecule has 3 heteroatoms. The number of carbonyl (C=O) groups excluding carboxylic acids is 1. The molecule has 1 fully saturated rings. The zero-order chi connectivity index (χ0) is 9.68. The Balaban J connectivity index is 2.08. The number of rotatable bonds is 4. The van der Waals surface area contributed by atoms with Crippen LogP contribution < -0.4 is 5.32 Å². The maximum Gasteiger partial charge on any atom is 0.216 e. The number of carbonyl (C=O) groups is 1. The lowest BCUT2D eigenvalue weighted by Gasteiger charge is -2.18. The molecule has 1 aliphatic rings. The molecule has 0 aromatic heterocycles. The van der Waals surface area contributed by atoms with Crippen LogP contribution in [0.1, 0.15) is 39.0 Å². The SMILES string of the molecule is CC(=O)NCCCC(O)=C1CCC1. The van der Waals surface area contributed by atoms with Gasteiger partial charge in [-0.15, -0.1) is 0 Å². The molecule has 0 spiro atoms. The Morgan fingerprint density at radius 1 is 1.54 bits per heavy atom. The van der Waals surface area contributed by atoms with Gasteiger partial charge in [-0.3, -0.25) is 4.79 Å². The van der Waals surface area contributed by atoms with Crippen molar-refractivity contribution in [3.8, 4) is 0 Å². The summed E-state index contributed by atoms with van der Waals surface area (Å²) in [5, 5.41) is 12.2. The van der Waals surface area contributed by atoms with Crippen LogP contribution >= 0.6 is 0 Å². The van der Waals surface area contributed by atoms with E-state index in [2.05, 4.69) is 5.32 Å². The highest BCUT2D eigenvalue weighted by Crippen LogP contribution is 2.29. The number of hydrogen-bond acceptors (Lipinski definition) is 2. The van der Waals surface area contributed by atoms with Gasteiger partial charge < -0.3 is 10.4 Å². The van der Waals surface area contributed by atoms with E-state index in [9.17, 15) is 9.90 Å². The Hall–Kier alpha value is -0.990. The summed E-state index contributed by atoms with van der Waals surface area (Å²) >= 11 is 0. The Bertz CT molecular complexity index is 215. The highest BCUT2D eigenvalue weighted by molar-refractivity contribution is 5.72. The van der Waals surface area contributed by atoms with E-state index in [0.717, 1.165) is 19.3 Å². The van der Waals surface area contributed by atoms with Gasteiger partial charge in [0.05, 0.1) is 5.76 Å². The minimum Gasteiger partial charge on any atom is -0.512 e. The fourth-order valence-corrected chi connectivity index (χ4v) is 1.34. The van der Waals surface area contributed by atoms with Crippen LogP contribution in [0.3, 0.4) is 0 Å². The Kier molecular flexibility index (Phi) is 3.80. The van der Waals surface area contributed by atoms with Crippen LogP contribution in [0, 0.1) is 0 Å². The molecule has 13 heavy (non-hydrogen) atoms. The van der Waals surface area contributed by atoms with E-state index in [1.807, 2.05) is 0 Å². The maximum atomic E-state index is 10.5. The first kappa shape index (κ1) is 10.1. The third kappa shape index (κ3) is 3.49. The summed E-state index contributed by atoms with van der Waals surface area (Å²) in [4.78, 5) is 10.5. The molecule has 0 aromatic rings. The third-order valence-corrected chi connectivity index (χ3v) is 2.33. The maximum absolute atomic E-state index is 10.5.